The number of likely N-dealkylation sites (tertiary alicyclic amines) is 1. The molecule has 0 amide bonds. The van der Waals surface area contributed by atoms with Crippen molar-refractivity contribution in [1.82, 2.24) is 9.47 Å². The zero-order chi connectivity index (χ0) is 21.7. The van der Waals surface area contributed by atoms with Crippen molar-refractivity contribution in [2.75, 3.05) is 26.2 Å². The van der Waals surface area contributed by atoms with Crippen LogP contribution in [0.2, 0.25) is 0 Å². The number of fused-ring (bicyclic) bond motifs is 7. The van der Waals surface area contributed by atoms with Crippen molar-refractivity contribution >= 4 is 5.97 Å². The molecule has 0 radical (unpaired) electrons. The largest absolute Gasteiger partial charge is 0.462 e. The van der Waals surface area contributed by atoms with Gasteiger partial charge in [0.2, 0.25) is 0 Å². The van der Waals surface area contributed by atoms with Crippen LogP contribution in [0.15, 0.2) is 23.0 Å². The Hall–Kier alpha value is -1.66. The van der Waals surface area contributed by atoms with Crippen LogP contribution in [0.1, 0.15) is 57.1 Å². The van der Waals surface area contributed by atoms with Crippen LogP contribution in [0.4, 0.5) is 0 Å². The molecule has 2 aliphatic carbocycles. The molecule has 6 nitrogen and oxygen atoms in total. The summed E-state index contributed by atoms with van der Waals surface area (Å²) in [5, 5.41) is 0. The molecule has 3 saturated heterocycles. The van der Waals surface area contributed by atoms with E-state index in [0.717, 1.165) is 52.0 Å². The van der Waals surface area contributed by atoms with Gasteiger partial charge in [0.15, 0.2) is 0 Å². The predicted octanol–water partition coefficient (Wildman–Crippen LogP) is 2.79. The highest BCUT2D eigenvalue weighted by atomic mass is 16.6. The summed E-state index contributed by atoms with van der Waals surface area (Å²) in [4.78, 5) is 27.9. The lowest BCUT2D eigenvalue weighted by atomic mass is 9.53. The van der Waals surface area contributed by atoms with Crippen molar-refractivity contribution < 1.29 is 14.3 Å². The second-order valence-corrected chi connectivity index (χ2v) is 12.0. The lowest BCUT2D eigenvalue weighted by Crippen LogP contribution is -2.52. The SMILES string of the molecule is C[C@]12CCC[C@@]3(CO3)[C@@H]1C[C@@H]1[C@H](CN3C[C@H]4C[C@@H](C3)c3cccc(=O)n3C4)C(=O)O[C@@H]1C2. The van der Waals surface area contributed by atoms with Crippen LogP contribution in [0, 0.1) is 29.1 Å². The van der Waals surface area contributed by atoms with Crippen molar-refractivity contribution in [3.05, 3.63) is 34.2 Å². The molecule has 7 rings (SSSR count). The van der Waals surface area contributed by atoms with Crippen LogP contribution < -0.4 is 5.56 Å². The molecular weight excluding hydrogens is 404 g/mol. The molecule has 1 aromatic rings. The van der Waals surface area contributed by atoms with Crippen LogP contribution in [0.25, 0.3) is 0 Å². The molecule has 172 valence electrons. The molecule has 32 heavy (non-hydrogen) atoms. The van der Waals surface area contributed by atoms with Crippen molar-refractivity contribution in [2.45, 2.75) is 69.6 Å². The zero-order valence-corrected chi connectivity index (χ0v) is 19.0. The van der Waals surface area contributed by atoms with E-state index in [1.165, 1.54) is 25.0 Å². The number of carbonyl (C=O) groups excluding carboxylic acids is 1. The number of nitrogens with zero attached hydrogens (tertiary/aromatic N) is 2. The summed E-state index contributed by atoms with van der Waals surface area (Å²) in [6, 6.07) is 5.69. The van der Waals surface area contributed by atoms with Crippen molar-refractivity contribution in [1.29, 1.82) is 0 Å². The lowest BCUT2D eigenvalue weighted by molar-refractivity contribution is -0.147. The van der Waals surface area contributed by atoms with E-state index in [0.29, 0.717) is 23.7 Å². The summed E-state index contributed by atoms with van der Waals surface area (Å²) < 4.78 is 14.1. The molecule has 1 aromatic heterocycles. The van der Waals surface area contributed by atoms with Gasteiger partial charge in [-0.3, -0.25) is 9.59 Å². The maximum absolute atomic E-state index is 13.1. The first-order valence-electron chi connectivity index (χ1n) is 12.7. The third kappa shape index (κ3) is 2.84. The van der Waals surface area contributed by atoms with E-state index in [2.05, 4.69) is 17.9 Å². The Labute approximate surface area is 189 Å². The summed E-state index contributed by atoms with van der Waals surface area (Å²) in [5.74, 6) is 1.80. The van der Waals surface area contributed by atoms with Gasteiger partial charge in [-0.05, 0) is 61.8 Å². The first-order chi connectivity index (χ1) is 15.4. The van der Waals surface area contributed by atoms with Crippen LogP contribution >= 0.6 is 0 Å². The highest BCUT2D eigenvalue weighted by molar-refractivity contribution is 5.75. The van der Waals surface area contributed by atoms with Crippen LogP contribution in [-0.2, 0) is 20.8 Å². The molecule has 5 heterocycles. The molecule has 0 N–H and O–H groups in total. The van der Waals surface area contributed by atoms with Crippen molar-refractivity contribution in [3.63, 3.8) is 0 Å². The molecule has 8 atom stereocenters. The minimum absolute atomic E-state index is 0.0148. The van der Waals surface area contributed by atoms with E-state index in [-0.39, 0.29) is 34.6 Å². The molecule has 0 aromatic carbocycles. The third-order valence-corrected chi connectivity index (χ3v) is 10.1. The van der Waals surface area contributed by atoms with Gasteiger partial charge in [-0.15, -0.1) is 0 Å². The molecule has 2 saturated carbocycles. The van der Waals surface area contributed by atoms with E-state index in [9.17, 15) is 9.59 Å². The van der Waals surface area contributed by atoms with Crippen molar-refractivity contribution in [3.8, 4) is 0 Å². The lowest BCUT2D eigenvalue weighted by Gasteiger charge is -2.52. The van der Waals surface area contributed by atoms with Gasteiger partial charge in [0.1, 0.15) is 6.10 Å². The number of esters is 1. The topological polar surface area (TPSA) is 64.1 Å². The fourth-order valence-corrected chi connectivity index (χ4v) is 8.59. The number of rotatable bonds is 2. The van der Waals surface area contributed by atoms with E-state index in [1.807, 2.05) is 10.6 Å². The molecule has 6 heteroatoms. The summed E-state index contributed by atoms with van der Waals surface area (Å²) in [7, 11) is 0. The Morgan fingerprint density at radius 2 is 2.00 bits per heavy atom. The van der Waals surface area contributed by atoms with Gasteiger partial charge in [-0.2, -0.15) is 0 Å². The van der Waals surface area contributed by atoms with Crippen molar-refractivity contribution in [2.24, 2.45) is 29.1 Å². The van der Waals surface area contributed by atoms with Gasteiger partial charge in [-0.1, -0.05) is 13.0 Å². The molecule has 5 fully saturated rings. The van der Waals surface area contributed by atoms with Gasteiger partial charge in [0, 0.05) is 49.8 Å². The second kappa shape index (κ2) is 6.69. The summed E-state index contributed by atoms with van der Waals surface area (Å²) in [6.45, 7) is 6.87. The smallest absolute Gasteiger partial charge is 0.310 e. The Balaban J connectivity index is 1.11. The molecule has 4 aliphatic heterocycles. The van der Waals surface area contributed by atoms with Gasteiger partial charge in [0.05, 0.1) is 18.1 Å². The number of hydrogen-bond acceptors (Lipinski definition) is 5. The fraction of sp³-hybridized carbons (Fsp3) is 0.769. The number of pyridine rings is 1. The highest BCUT2D eigenvalue weighted by Crippen LogP contribution is 2.62. The first-order valence-corrected chi connectivity index (χ1v) is 12.7. The van der Waals surface area contributed by atoms with E-state index in [1.54, 1.807) is 6.07 Å². The van der Waals surface area contributed by atoms with Gasteiger partial charge < -0.3 is 18.9 Å². The normalized spacial score (nSPS) is 46.8. The first kappa shape index (κ1) is 19.8. The Morgan fingerprint density at radius 3 is 2.84 bits per heavy atom. The third-order valence-electron chi connectivity index (χ3n) is 10.1. The summed E-state index contributed by atoms with van der Waals surface area (Å²) in [5.41, 5.74) is 1.66. The van der Waals surface area contributed by atoms with E-state index < -0.39 is 0 Å². The molecule has 2 bridgehead atoms. The van der Waals surface area contributed by atoms with Gasteiger partial charge in [-0.25, -0.2) is 0 Å². The van der Waals surface area contributed by atoms with E-state index in [4.69, 9.17) is 9.47 Å². The Bertz CT molecular complexity index is 1020. The number of hydrogen-bond donors (Lipinski definition) is 0. The average molecular weight is 439 g/mol. The molecule has 1 spiro atoms. The minimum Gasteiger partial charge on any atom is -0.462 e. The van der Waals surface area contributed by atoms with Gasteiger partial charge in [0.25, 0.3) is 5.56 Å². The fourth-order valence-electron chi connectivity index (χ4n) is 8.59. The quantitative estimate of drug-likeness (QED) is 0.525. The average Bonchev–Trinajstić information content (AvgIpc) is 3.46. The summed E-state index contributed by atoms with van der Waals surface area (Å²) >= 11 is 0. The predicted molar refractivity (Wildman–Crippen MR) is 118 cm³/mol. The molecular formula is C26H34N2O4. The minimum atomic E-state index is -0.0148. The standard InChI is InChI=1S/C26H34N2O4/c1-25-6-3-7-26(15-31-26)22(25)9-18-19(24(30)32-21(18)10-25)14-27-11-16-8-17(13-27)20-4-2-5-23(29)28(20)12-16/h2,4-5,16-19,21-22H,3,6-15H2,1H3/t16-,17+,18-,19+,21-,22-,25-,26-/m1/s1. The molecule has 6 aliphatic rings. The zero-order valence-electron chi connectivity index (χ0n) is 19.0. The monoisotopic (exact) mass is 438 g/mol. The highest BCUT2D eigenvalue weighted by Gasteiger charge is 2.65. The number of ether oxygens (including phenoxy) is 2. The van der Waals surface area contributed by atoms with Gasteiger partial charge >= 0.3 is 5.97 Å². The maximum Gasteiger partial charge on any atom is 0.310 e. The summed E-state index contributed by atoms with van der Waals surface area (Å²) in [6.07, 6.45) is 7.00. The number of aromatic nitrogens is 1. The maximum atomic E-state index is 13.1. The van der Waals surface area contributed by atoms with Crippen LogP contribution in [-0.4, -0.2) is 53.4 Å². The van der Waals surface area contributed by atoms with Crippen LogP contribution in [0.3, 0.4) is 0 Å². The Morgan fingerprint density at radius 1 is 1.12 bits per heavy atom. The van der Waals surface area contributed by atoms with E-state index >= 15 is 0 Å². The number of piperidine rings is 1. The second-order valence-electron chi connectivity index (χ2n) is 12.0. The molecule has 0 unspecified atom stereocenters. The van der Waals surface area contributed by atoms with Crippen LogP contribution in [0.5, 0.6) is 0 Å². The Kier molecular flexibility index (Phi) is 4.14. The number of carbonyl (C=O) groups is 1. The number of epoxide rings is 1.